The molecule has 10 nitrogen and oxygen atoms in total. The van der Waals surface area contributed by atoms with Gasteiger partial charge >= 0.3 is 0 Å². The highest BCUT2D eigenvalue weighted by molar-refractivity contribution is 5.84. The highest BCUT2D eigenvalue weighted by Gasteiger charge is 2.47. The number of aliphatic hydroxyl groups excluding tert-OH is 2. The second kappa shape index (κ2) is 8.69. The number of nitrogens with one attached hydrogen (secondary N) is 2. The Kier molecular flexibility index (Phi) is 5.81. The van der Waals surface area contributed by atoms with Crippen LogP contribution in [0.5, 0.6) is 0 Å². The molecule has 4 atom stereocenters. The Hall–Kier alpha value is -3.52. The smallest absolute Gasteiger partial charge is 0.252 e. The Balaban J connectivity index is 1.72. The summed E-state index contributed by atoms with van der Waals surface area (Å²) in [5.74, 6) is 6.13. The van der Waals surface area contributed by atoms with E-state index in [0.29, 0.717) is 23.5 Å². The SMILES string of the molecule is CCNC(=O)[C@H]1O[C@@H](n2cnc3c(NC)nc(C#Cc4ccccc4)nc32)[C@H](O)[C@@H]1O. The highest BCUT2D eigenvalue weighted by Crippen LogP contribution is 2.32. The third kappa shape index (κ3) is 3.94. The maximum Gasteiger partial charge on any atom is 0.252 e. The highest BCUT2D eigenvalue weighted by atomic mass is 16.6. The van der Waals surface area contributed by atoms with Crippen molar-refractivity contribution in [2.24, 2.45) is 0 Å². The third-order valence-corrected chi connectivity index (χ3v) is 4.87. The third-order valence-electron chi connectivity index (χ3n) is 4.87. The summed E-state index contributed by atoms with van der Waals surface area (Å²) in [5, 5.41) is 26.4. The number of rotatable bonds is 4. The Morgan fingerprint density at radius 3 is 2.68 bits per heavy atom. The molecule has 3 heterocycles. The summed E-state index contributed by atoms with van der Waals surface area (Å²) in [6.45, 7) is 2.13. The molecule has 4 N–H and O–H groups in total. The predicted octanol–water partition coefficient (Wildman–Crippen LogP) is 0.0231. The lowest BCUT2D eigenvalue weighted by atomic mass is 10.1. The Morgan fingerprint density at radius 1 is 1.19 bits per heavy atom. The molecule has 2 aromatic heterocycles. The van der Waals surface area contributed by atoms with Crippen LogP contribution < -0.4 is 10.6 Å². The minimum Gasteiger partial charge on any atom is -0.387 e. The predicted molar refractivity (Wildman–Crippen MR) is 112 cm³/mol. The van der Waals surface area contributed by atoms with E-state index in [1.807, 2.05) is 30.3 Å². The van der Waals surface area contributed by atoms with Crippen LogP contribution in [0, 0.1) is 11.8 Å². The summed E-state index contributed by atoms with van der Waals surface area (Å²) in [5.41, 5.74) is 1.61. The number of hydrogen-bond donors (Lipinski definition) is 4. The Labute approximate surface area is 178 Å². The number of nitrogens with zero attached hydrogens (tertiary/aromatic N) is 4. The zero-order valence-electron chi connectivity index (χ0n) is 17.0. The molecule has 4 rings (SSSR count). The number of benzene rings is 1. The van der Waals surface area contributed by atoms with Gasteiger partial charge in [0, 0.05) is 19.2 Å². The number of carbonyl (C=O) groups is 1. The normalized spacial score (nSPS) is 22.7. The summed E-state index contributed by atoms with van der Waals surface area (Å²) in [7, 11) is 1.70. The van der Waals surface area contributed by atoms with Gasteiger partial charge in [0.15, 0.2) is 29.3 Å². The van der Waals surface area contributed by atoms with E-state index >= 15 is 0 Å². The first-order valence-corrected chi connectivity index (χ1v) is 9.82. The van der Waals surface area contributed by atoms with Gasteiger partial charge in [-0.1, -0.05) is 24.1 Å². The fourth-order valence-electron chi connectivity index (χ4n) is 3.36. The van der Waals surface area contributed by atoms with Crippen LogP contribution in [-0.2, 0) is 9.53 Å². The minimum atomic E-state index is -1.39. The number of amides is 1. The Bertz CT molecular complexity index is 1150. The van der Waals surface area contributed by atoms with Crippen molar-refractivity contribution in [3.63, 3.8) is 0 Å². The molecular weight excluding hydrogens is 400 g/mol. The van der Waals surface area contributed by atoms with E-state index in [1.54, 1.807) is 14.0 Å². The second-order valence-corrected chi connectivity index (χ2v) is 6.91. The van der Waals surface area contributed by atoms with Crippen LogP contribution in [0.1, 0.15) is 24.5 Å². The molecular formula is C21H22N6O4. The molecule has 10 heteroatoms. The van der Waals surface area contributed by atoms with Gasteiger partial charge in [0.1, 0.15) is 12.2 Å². The number of fused-ring (bicyclic) bond motifs is 1. The molecule has 1 fully saturated rings. The van der Waals surface area contributed by atoms with Crippen LogP contribution in [0.15, 0.2) is 36.7 Å². The lowest BCUT2D eigenvalue weighted by molar-refractivity contribution is -0.137. The van der Waals surface area contributed by atoms with E-state index < -0.39 is 30.4 Å². The van der Waals surface area contributed by atoms with Crippen molar-refractivity contribution >= 4 is 22.9 Å². The van der Waals surface area contributed by atoms with E-state index in [0.717, 1.165) is 5.56 Å². The topological polar surface area (TPSA) is 134 Å². The number of anilines is 1. The number of carbonyl (C=O) groups excluding carboxylic acids is 1. The van der Waals surface area contributed by atoms with Gasteiger partial charge in [-0.25, -0.2) is 15.0 Å². The largest absolute Gasteiger partial charge is 0.387 e. The van der Waals surface area contributed by atoms with Crippen LogP contribution in [0.3, 0.4) is 0 Å². The van der Waals surface area contributed by atoms with Crippen molar-refractivity contribution in [1.82, 2.24) is 24.8 Å². The first-order valence-electron chi connectivity index (χ1n) is 9.82. The van der Waals surface area contributed by atoms with E-state index in [2.05, 4.69) is 37.4 Å². The lowest BCUT2D eigenvalue weighted by Gasteiger charge is -2.16. The van der Waals surface area contributed by atoms with Gasteiger partial charge in [-0.05, 0) is 25.0 Å². The number of imidazole rings is 1. The van der Waals surface area contributed by atoms with Crippen LogP contribution in [0.4, 0.5) is 5.82 Å². The second-order valence-electron chi connectivity index (χ2n) is 6.91. The number of likely N-dealkylation sites (N-methyl/N-ethyl adjacent to an activating group) is 1. The summed E-state index contributed by atoms with van der Waals surface area (Å²) in [4.78, 5) is 25.3. The van der Waals surface area contributed by atoms with Crippen LogP contribution in [-0.4, -0.2) is 67.5 Å². The van der Waals surface area contributed by atoms with E-state index in [-0.39, 0.29) is 5.82 Å². The summed E-state index contributed by atoms with van der Waals surface area (Å²) in [6.07, 6.45) is -3.58. The van der Waals surface area contributed by atoms with Gasteiger partial charge < -0.3 is 25.6 Å². The van der Waals surface area contributed by atoms with Crippen molar-refractivity contribution < 1.29 is 19.7 Å². The van der Waals surface area contributed by atoms with E-state index in [4.69, 9.17) is 4.74 Å². The Morgan fingerprint density at radius 2 is 1.97 bits per heavy atom. The zero-order valence-corrected chi connectivity index (χ0v) is 17.0. The maximum absolute atomic E-state index is 12.2. The molecule has 1 aliphatic rings. The molecule has 1 saturated heterocycles. The van der Waals surface area contributed by atoms with Crippen LogP contribution in [0.2, 0.25) is 0 Å². The van der Waals surface area contributed by atoms with Gasteiger partial charge in [-0.2, -0.15) is 0 Å². The lowest BCUT2D eigenvalue weighted by Crippen LogP contribution is -2.42. The first kappa shape index (κ1) is 20.7. The first-order chi connectivity index (χ1) is 15.0. The summed E-state index contributed by atoms with van der Waals surface area (Å²) >= 11 is 0. The van der Waals surface area contributed by atoms with Gasteiger partial charge in [-0.3, -0.25) is 9.36 Å². The molecule has 0 spiro atoms. The molecule has 1 amide bonds. The molecule has 3 aromatic rings. The van der Waals surface area contributed by atoms with Gasteiger partial charge in [0.25, 0.3) is 5.91 Å². The number of hydrogen-bond acceptors (Lipinski definition) is 8. The molecule has 1 aromatic carbocycles. The number of aliphatic hydroxyl groups is 2. The van der Waals surface area contributed by atoms with Crippen molar-refractivity contribution in [1.29, 1.82) is 0 Å². The molecule has 0 radical (unpaired) electrons. The van der Waals surface area contributed by atoms with Gasteiger partial charge in [0.2, 0.25) is 5.82 Å². The average Bonchev–Trinajstić information content (AvgIpc) is 3.33. The molecule has 0 saturated carbocycles. The summed E-state index contributed by atoms with van der Waals surface area (Å²) in [6, 6.07) is 9.43. The number of aromatic nitrogens is 4. The van der Waals surface area contributed by atoms with E-state index in [1.165, 1.54) is 10.9 Å². The molecule has 31 heavy (non-hydrogen) atoms. The maximum atomic E-state index is 12.2. The van der Waals surface area contributed by atoms with Crippen molar-refractivity contribution in [2.75, 3.05) is 18.9 Å². The fraction of sp³-hybridized carbons (Fsp3) is 0.333. The van der Waals surface area contributed by atoms with Gasteiger partial charge in [-0.15, -0.1) is 0 Å². The van der Waals surface area contributed by atoms with Gasteiger partial charge in [0.05, 0.1) is 6.33 Å². The van der Waals surface area contributed by atoms with Crippen LogP contribution in [0.25, 0.3) is 11.2 Å². The molecule has 0 unspecified atom stereocenters. The van der Waals surface area contributed by atoms with E-state index in [9.17, 15) is 15.0 Å². The molecule has 160 valence electrons. The zero-order chi connectivity index (χ0) is 22.0. The number of ether oxygens (including phenoxy) is 1. The van der Waals surface area contributed by atoms with Crippen LogP contribution >= 0.6 is 0 Å². The fourth-order valence-corrected chi connectivity index (χ4v) is 3.36. The quantitative estimate of drug-likeness (QED) is 0.433. The molecule has 1 aliphatic heterocycles. The molecule has 0 bridgehead atoms. The van der Waals surface area contributed by atoms with Crippen molar-refractivity contribution in [3.05, 3.63) is 48.0 Å². The minimum absolute atomic E-state index is 0.246. The standard InChI is InChI=1S/C21H22N6O4/c1-3-23-20(30)17-15(28)16(29)21(31-17)27-11-24-14-18(22-2)25-13(26-19(14)27)10-9-12-7-5-4-6-8-12/h4-8,11,15-17,21,28-29H,3H2,1-2H3,(H,23,30)(H,22,25,26)/t15-,16+,17-,21+/m0/s1. The molecule has 0 aliphatic carbocycles. The monoisotopic (exact) mass is 422 g/mol. The van der Waals surface area contributed by atoms with Crippen molar-refractivity contribution in [3.8, 4) is 11.8 Å². The average molecular weight is 422 g/mol. The van der Waals surface area contributed by atoms with Crippen molar-refractivity contribution in [2.45, 2.75) is 31.5 Å². The summed E-state index contributed by atoms with van der Waals surface area (Å²) < 4.78 is 7.16.